The van der Waals surface area contributed by atoms with Crippen LogP contribution in [0.15, 0.2) is 47.3 Å². The van der Waals surface area contributed by atoms with Gasteiger partial charge in [0.15, 0.2) is 0 Å². The molecule has 0 aliphatic heterocycles. The van der Waals surface area contributed by atoms with Crippen molar-refractivity contribution in [3.8, 4) is 0 Å². The Balaban J connectivity index is 1.85. The van der Waals surface area contributed by atoms with Crippen molar-refractivity contribution < 1.29 is 9.90 Å². The molecule has 0 bridgehead atoms. The number of aromatic nitrogens is 2. The first kappa shape index (κ1) is 18.3. The zero-order chi connectivity index (χ0) is 18.5. The molecule has 2 aromatic rings. The van der Waals surface area contributed by atoms with Gasteiger partial charge in [-0.3, -0.25) is 9.59 Å². The standard InChI is InChI=1S/C20H25N3O3/c1-22-19(25)13-12-17(21-22)20(26)23(16-10-6-3-7-11-16)14-18(24)15-8-4-2-5-9-15/h2,4-5,8-9,12-13,16,18,24H,3,6-7,10-11,14H2,1H3. The van der Waals surface area contributed by atoms with Gasteiger partial charge in [-0.2, -0.15) is 5.10 Å². The molecule has 0 saturated heterocycles. The van der Waals surface area contributed by atoms with E-state index in [-0.39, 0.29) is 29.7 Å². The Morgan fingerprint density at radius 2 is 1.88 bits per heavy atom. The minimum Gasteiger partial charge on any atom is -0.387 e. The van der Waals surface area contributed by atoms with E-state index < -0.39 is 6.10 Å². The first-order valence-electron chi connectivity index (χ1n) is 9.14. The molecule has 1 heterocycles. The summed E-state index contributed by atoms with van der Waals surface area (Å²) >= 11 is 0. The molecule has 1 N–H and O–H groups in total. The van der Waals surface area contributed by atoms with Gasteiger partial charge in [-0.25, -0.2) is 4.68 Å². The molecule has 1 atom stereocenters. The lowest BCUT2D eigenvalue weighted by molar-refractivity contribution is 0.0446. The van der Waals surface area contributed by atoms with Gasteiger partial charge in [0.2, 0.25) is 0 Å². The highest BCUT2D eigenvalue weighted by molar-refractivity contribution is 5.92. The summed E-state index contributed by atoms with van der Waals surface area (Å²) in [6.07, 6.45) is 4.44. The van der Waals surface area contributed by atoms with Crippen LogP contribution in [0.2, 0.25) is 0 Å². The minimum atomic E-state index is -0.755. The number of nitrogens with zero attached hydrogens (tertiary/aromatic N) is 3. The van der Waals surface area contributed by atoms with Gasteiger partial charge in [0.05, 0.1) is 12.6 Å². The third-order valence-corrected chi connectivity index (χ3v) is 5.01. The van der Waals surface area contributed by atoms with Crippen LogP contribution in [0, 0.1) is 0 Å². The summed E-state index contributed by atoms with van der Waals surface area (Å²) in [5, 5.41) is 14.7. The van der Waals surface area contributed by atoms with Crippen molar-refractivity contribution >= 4 is 5.91 Å². The summed E-state index contributed by atoms with van der Waals surface area (Å²) in [6.45, 7) is 0.220. The largest absolute Gasteiger partial charge is 0.387 e. The topological polar surface area (TPSA) is 75.4 Å². The van der Waals surface area contributed by atoms with Crippen LogP contribution in [0.5, 0.6) is 0 Å². The Morgan fingerprint density at radius 3 is 2.54 bits per heavy atom. The first-order chi connectivity index (χ1) is 12.6. The second kappa shape index (κ2) is 8.27. The SMILES string of the molecule is Cn1nc(C(=O)N(CC(O)c2ccccc2)C2CCCCC2)ccc1=O. The lowest BCUT2D eigenvalue weighted by Crippen LogP contribution is -2.44. The summed E-state index contributed by atoms with van der Waals surface area (Å²) in [6, 6.07) is 12.3. The summed E-state index contributed by atoms with van der Waals surface area (Å²) in [4.78, 5) is 26.4. The lowest BCUT2D eigenvalue weighted by atomic mass is 9.93. The van der Waals surface area contributed by atoms with E-state index in [1.807, 2.05) is 30.3 Å². The van der Waals surface area contributed by atoms with Crippen LogP contribution in [0.3, 0.4) is 0 Å². The molecule has 1 aliphatic carbocycles. The third-order valence-electron chi connectivity index (χ3n) is 5.01. The van der Waals surface area contributed by atoms with Gasteiger partial charge in [0, 0.05) is 19.2 Å². The number of amides is 1. The molecule has 138 valence electrons. The second-order valence-corrected chi connectivity index (χ2v) is 6.86. The van der Waals surface area contributed by atoms with Gasteiger partial charge >= 0.3 is 0 Å². The Hall–Kier alpha value is -2.47. The van der Waals surface area contributed by atoms with Crippen molar-refractivity contribution in [1.29, 1.82) is 0 Å². The number of aliphatic hydroxyl groups excluding tert-OH is 1. The van der Waals surface area contributed by atoms with Gasteiger partial charge in [-0.15, -0.1) is 0 Å². The van der Waals surface area contributed by atoms with Crippen molar-refractivity contribution in [3.05, 3.63) is 64.1 Å². The van der Waals surface area contributed by atoms with E-state index in [0.29, 0.717) is 0 Å². The molecule has 3 rings (SSSR count). The molecule has 0 radical (unpaired) electrons. The normalized spacial score (nSPS) is 16.2. The fourth-order valence-electron chi connectivity index (χ4n) is 3.52. The molecule has 26 heavy (non-hydrogen) atoms. The smallest absolute Gasteiger partial charge is 0.274 e. The van der Waals surface area contributed by atoms with E-state index in [9.17, 15) is 14.7 Å². The van der Waals surface area contributed by atoms with Crippen LogP contribution in [0.25, 0.3) is 0 Å². The van der Waals surface area contributed by atoms with Gasteiger partial charge in [0.25, 0.3) is 11.5 Å². The quantitative estimate of drug-likeness (QED) is 0.893. The van der Waals surface area contributed by atoms with Crippen LogP contribution in [-0.4, -0.2) is 38.3 Å². The molecular weight excluding hydrogens is 330 g/mol. The Labute approximate surface area is 153 Å². The molecule has 0 spiro atoms. The number of carbonyl (C=O) groups excluding carboxylic acids is 1. The Kier molecular flexibility index (Phi) is 5.83. The van der Waals surface area contributed by atoms with E-state index in [0.717, 1.165) is 31.2 Å². The van der Waals surface area contributed by atoms with Crippen LogP contribution >= 0.6 is 0 Å². The molecule has 1 fully saturated rings. The molecule has 6 heteroatoms. The van der Waals surface area contributed by atoms with Crippen molar-refractivity contribution in [2.75, 3.05) is 6.54 Å². The lowest BCUT2D eigenvalue weighted by Gasteiger charge is -2.35. The highest BCUT2D eigenvalue weighted by Gasteiger charge is 2.29. The minimum absolute atomic E-state index is 0.0913. The van der Waals surface area contributed by atoms with Crippen molar-refractivity contribution in [1.82, 2.24) is 14.7 Å². The van der Waals surface area contributed by atoms with E-state index in [2.05, 4.69) is 5.10 Å². The zero-order valence-corrected chi connectivity index (χ0v) is 15.0. The number of hydrogen-bond acceptors (Lipinski definition) is 4. The molecule has 1 saturated carbocycles. The maximum Gasteiger partial charge on any atom is 0.274 e. The number of aliphatic hydroxyl groups is 1. The maximum absolute atomic E-state index is 13.1. The van der Waals surface area contributed by atoms with Crippen LogP contribution in [0.4, 0.5) is 0 Å². The van der Waals surface area contributed by atoms with Gasteiger partial charge in [0.1, 0.15) is 5.69 Å². The van der Waals surface area contributed by atoms with Gasteiger partial charge in [-0.1, -0.05) is 49.6 Å². The van der Waals surface area contributed by atoms with E-state index in [4.69, 9.17) is 0 Å². The summed E-state index contributed by atoms with van der Waals surface area (Å²) < 4.78 is 1.17. The van der Waals surface area contributed by atoms with Crippen molar-refractivity contribution in [2.45, 2.75) is 44.2 Å². The Bertz CT molecular complexity index is 797. The summed E-state index contributed by atoms with van der Waals surface area (Å²) in [5.41, 5.74) is 0.766. The number of carbonyl (C=O) groups is 1. The zero-order valence-electron chi connectivity index (χ0n) is 15.0. The van der Waals surface area contributed by atoms with Crippen molar-refractivity contribution in [2.24, 2.45) is 7.05 Å². The fourth-order valence-corrected chi connectivity index (χ4v) is 3.52. The average molecular weight is 355 g/mol. The highest BCUT2D eigenvalue weighted by atomic mass is 16.3. The monoisotopic (exact) mass is 355 g/mol. The molecule has 1 aromatic heterocycles. The number of aryl methyl sites for hydroxylation is 1. The fraction of sp³-hybridized carbons (Fsp3) is 0.450. The number of benzene rings is 1. The van der Waals surface area contributed by atoms with Gasteiger partial charge in [-0.05, 0) is 24.5 Å². The van der Waals surface area contributed by atoms with E-state index in [1.165, 1.54) is 30.3 Å². The molecule has 1 aromatic carbocycles. The van der Waals surface area contributed by atoms with E-state index >= 15 is 0 Å². The predicted octanol–water partition coefficient (Wildman–Crippen LogP) is 2.29. The predicted molar refractivity (Wildman–Crippen MR) is 98.8 cm³/mol. The van der Waals surface area contributed by atoms with Gasteiger partial charge < -0.3 is 10.0 Å². The molecular formula is C20H25N3O3. The van der Waals surface area contributed by atoms with E-state index in [1.54, 1.807) is 4.90 Å². The summed E-state index contributed by atoms with van der Waals surface area (Å²) in [7, 11) is 1.53. The molecule has 6 nitrogen and oxygen atoms in total. The summed E-state index contributed by atoms with van der Waals surface area (Å²) in [5.74, 6) is -0.234. The molecule has 1 aliphatic rings. The third kappa shape index (κ3) is 4.19. The highest BCUT2D eigenvalue weighted by Crippen LogP contribution is 2.26. The molecule has 1 unspecified atom stereocenters. The van der Waals surface area contributed by atoms with Crippen molar-refractivity contribution in [3.63, 3.8) is 0 Å². The van der Waals surface area contributed by atoms with Crippen LogP contribution in [-0.2, 0) is 7.05 Å². The van der Waals surface area contributed by atoms with Crippen LogP contribution in [0.1, 0.15) is 54.3 Å². The average Bonchev–Trinajstić information content (AvgIpc) is 2.69. The first-order valence-corrected chi connectivity index (χ1v) is 9.14. The second-order valence-electron chi connectivity index (χ2n) is 6.86. The Morgan fingerprint density at radius 1 is 1.19 bits per heavy atom. The number of rotatable bonds is 5. The number of hydrogen-bond donors (Lipinski definition) is 1. The maximum atomic E-state index is 13.1. The van der Waals surface area contributed by atoms with Crippen LogP contribution < -0.4 is 5.56 Å². The molecule has 1 amide bonds.